The summed E-state index contributed by atoms with van der Waals surface area (Å²) in [5, 5.41) is 1.24. The van der Waals surface area contributed by atoms with Crippen molar-refractivity contribution in [3.05, 3.63) is 83.1 Å². The quantitative estimate of drug-likeness (QED) is 0.488. The number of nitrogens with zero attached hydrogens (tertiary/aromatic N) is 5. The van der Waals surface area contributed by atoms with E-state index in [1.54, 1.807) is 6.33 Å². The van der Waals surface area contributed by atoms with Crippen LogP contribution in [0, 0.1) is 6.92 Å². The largest absolute Gasteiger partial charge is 0.368 e. The van der Waals surface area contributed by atoms with Crippen LogP contribution < -0.4 is 10.6 Å². The van der Waals surface area contributed by atoms with Gasteiger partial charge in [0.2, 0.25) is 0 Å². The summed E-state index contributed by atoms with van der Waals surface area (Å²) in [5.41, 5.74) is 14.1. The molecule has 7 heteroatoms. The summed E-state index contributed by atoms with van der Waals surface area (Å²) >= 11 is 0. The summed E-state index contributed by atoms with van der Waals surface area (Å²) in [6.07, 6.45) is 4.47. The highest BCUT2D eigenvalue weighted by Crippen LogP contribution is 2.30. The minimum atomic E-state index is -0.452. The monoisotopic (exact) mass is 466 g/mol. The average Bonchev–Trinajstić information content (AvgIpc) is 3.32. The van der Waals surface area contributed by atoms with Crippen LogP contribution in [-0.2, 0) is 19.3 Å². The molecule has 1 saturated heterocycles. The highest BCUT2D eigenvalue weighted by Gasteiger charge is 2.24. The van der Waals surface area contributed by atoms with Crippen LogP contribution in [-0.4, -0.2) is 58.1 Å². The maximum Gasteiger partial charge on any atom is 0.269 e. The minimum Gasteiger partial charge on any atom is -0.368 e. The molecule has 7 nitrogen and oxygen atoms in total. The number of imidazole rings is 1. The first kappa shape index (κ1) is 21.8. The summed E-state index contributed by atoms with van der Waals surface area (Å²) in [7, 11) is 0. The van der Waals surface area contributed by atoms with Gasteiger partial charge >= 0.3 is 0 Å². The maximum atomic E-state index is 11.7. The van der Waals surface area contributed by atoms with Crippen molar-refractivity contribution < 1.29 is 4.79 Å². The normalized spacial score (nSPS) is 15.7. The van der Waals surface area contributed by atoms with Gasteiger partial charge in [0.15, 0.2) is 0 Å². The minimum absolute atomic E-state index is 0.399. The number of benzene rings is 2. The van der Waals surface area contributed by atoms with Crippen LogP contribution in [0.25, 0.3) is 16.6 Å². The number of carbonyl (C=O) groups is 1. The third-order valence-corrected chi connectivity index (χ3v) is 7.48. The lowest BCUT2D eigenvalue weighted by molar-refractivity contribution is 0.0995. The van der Waals surface area contributed by atoms with Crippen molar-refractivity contribution in [2.45, 2.75) is 26.2 Å². The molecule has 4 aromatic rings. The summed E-state index contributed by atoms with van der Waals surface area (Å²) in [4.78, 5) is 25.8. The molecule has 4 heterocycles. The molecule has 2 aliphatic rings. The summed E-state index contributed by atoms with van der Waals surface area (Å²) < 4.78 is 2.04. The van der Waals surface area contributed by atoms with Gasteiger partial charge in [0, 0.05) is 49.5 Å². The highest BCUT2D eigenvalue weighted by molar-refractivity contribution is 5.92. The van der Waals surface area contributed by atoms with Crippen LogP contribution in [0.5, 0.6) is 0 Å². The topological polar surface area (TPSA) is 80.3 Å². The van der Waals surface area contributed by atoms with Crippen molar-refractivity contribution in [3.8, 4) is 5.69 Å². The van der Waals surface area contributed by atoms with Gasteiger partial charge in [-0.1, -0.05) is 18.2 Å². The second-order valence-corrected chi connectivity index (χ2v) is 9.56. The van der Waals surface area contributed by atoms with Crippen molar-refractivity contribution in [2.24, 2.45) is 5.73 Å². The smallest absolute Gasteiger partial charge is 0.269 e. The van der Waals surface area contributed by atoms with E-state index in [1.165, 1.54) is 22.2 Å². The highest BCUT2D eigenvalue weighted by atomic mass is 16.1. The molecule has 6 rings (SSSR count). The van der Waals surface area contributed by atoms with Gasteiger partial charge < -0.3 is 15.2 Å². The van der Waals surface area contributed by atoms with E-state index in [9.17, 15) is 4.79 Å². The number of rotatable bonds is 5. The Labute approximate surface area is 205 Å². The third-order valence-electron chi connectivity index (χ3n) is 7.48. The van der Waals surface area contributed by atoms with Crippen molar-refractivity contribution in [1.82, 2.24) is 19.4 Å². The van der Waals surface area contributed by atoms with Crippen molar-refractivity contribution in [1.29, 1.82) is 0 Å². The zero-order valence-corrected chi connectivity index (χ0v) is 20.1. The number of nitrogens with two attached hydrogens (primary N) is 1. The number of primary amides is 1. The van der Waals surface area contributed by atoms with Crippen LogP contribution in [0.4, 0.5) is 5.69 Å². The van der Waals surface area contributed by atoms with Gasteiger partial charge in [-0.25, -0.2) is 4.98 Å². The van der Waals surface area contributed by atoms with Gasteiger partial charge in [0.1, 0.15) is 12.0 Å². The number of piperazine rings is 1. The van der Waals surface area contributed by atoms with Gasteiger partial charge in [-0.2, -0.15) is 0 Å². The fourth-order valence-corrected chi connectivity index (χ4v) is 5.65. The molecule has 0 saturated carbocycles. The lowest BCUT2D eigenvalue weighted by Crippen LogP contribution is -2.47. The molecule has 0 aliphatic carbocycles. The first-order valence-corrected chi connectivity index (χ1v) is 12.4. The van der Waals surface area contributed by atoms with Crippen molar-refractivity contribution >= 4 is 22.5 Å². The Hall–Kier alpha value is -3.71. The van der Waals surface area contributed by atoms with E-state index in [0.717, 1.165) is 74.6 Å². The van der Waals surface area contributed by atoms with Crippen LogP contribution in [0.15, 0.2) is 54.9 Å². The van der Waals surface area contributed by atoms with Crippen LogP contribution in [0.3, 0.4) is 0 Å². The van der Waals surface area contributed by atoms with Gasteiger partial charge in [-0.3, -0.25) is 14.7 Å². The number of pyridine rings is 1. The molecule has 0 atom stereocenters. The van der Waals surface area contributed by atoms with E-state index in [1.807, 2.05) is 11.5 Å². The van der Waals surface area contributed by atoms with E-state index in [2.05, 4.69) is 63.3 Å². The molecule has 2 N–H and O–H groups in total. The van der Waals surface area contributed by atoms with Crippen LogP contribution in [0.2, 0.25) is 0 Å². The molecule has 2 aromatic heterocycles. The standard InChI is InChI=1S/C28H30N6O/c1-19-8-9-22-23(31-19)5-3-6-24(22)33-16-14-32(15-17-33)13-12-20-4-2-7-25-21(20)10-11-26-27(28(29)35)30-18-34(25)26/h2-9,18H,10-17H2,1H3,(H2,29,35). The average molecular weight is 467 g/mol. The fraction of sp³-hybridized carbons (Fsp3) is 0.321. The maximum absolute atomic E-state index is 11.7. The summed E-state index contributed by atoms with van der Waals surface area (Å²) in [6, 6.07) is 17.2. The molecular formula is C28H30N6O. The number of carbonyl (C=O) groups excluding carboxylic acids is 1. The van der Waals surface area contributed by atoms with E-state index in [0.29, 0.717) is 5.69 Å². The second kappa shape index (κ2) is 8.82. The molecule has 178 valence electrons. The fourth-order valence-electron chi connectivity index (χ4n) is 5.65. The van der Waals surface area contributed by atoms with E-state index < -0.39 is 5.91 Å². The number of hydrogen-bond donors (Lipinski definition) is 1. The van der Waals surface area contributed by atoms with Gasteiger partial charge in [0.05, 0.1) is 16.9 Å². The van der Waals surface area contributed by atoms with Gasteiger partial charge in [-0.15, -0.1) is 0 Å². The number of aromatic nitrogens is 3. The number of aryl methyl sites for hydroxylation is 1. The molecule has 1 fully saturated rings. The Kier molecular flexibility index (Phi) is 5.49. The molecule has 0 spiro atoms. The second-order valence-electron chi connectivity index (χ2n) is 9.56. The predicted molar refractivity (Wildman–Crippen MR) is 138 cm³/mol. The Morgan fingerprint density at radius 3 is 2.60 bits per heavy atom. The Morgan fingerprint density at radius 2 is 1.77 bits per heavy atom. The third kappa shape index (κ3) is 3.96. The Morgan fingerprint density at radius 1 is 0.971 bits per heavy atom. The molecule has 35 heavy (non-hydrogen) atoms. The van der Waals surface area contributed by atoms with Crippen LogP contribution >= 0.6 is 0 Å². The van der Waals surface area contributed by atoms with E-state index >= 15 is 0 Å². The van der Waals surface area contributed by atoms with Crippen molar-refractivity contribution in [3.63, 3.8) is 0 Å². The Balaban J connectivity index is 1.13. The van der Waals surface area contributed by atoms with Crippen molar-refractivity contribution in [2.75, 3.05) is 37.6 Å². The zero-order chi connectivity index (χ0) is 23.9. The Bertz CT molecular complexity index is 1420. The van der Waals surface area contributed by atoms with Crippen LogP contribution in [0.1, 0.15) is 33.0 Å². The molecule has 2 aromatic carbocycles. The number of fused-ring (bicyclic) bond motifs is 4. The van der Waals surface area contributed by atoms with E-state index in [-0.39, 0.29) is 0 Å². The molecule has 1 amide bonds. The van der Waals surface area contributed by atoms with E-state index in [4.69, 9.17) is 10.7 Å². The lowest BCUT2D eigenvalue weighted by Gasteiger charge is -2.36. The van der Waals surface area contributed by atoms with Gasteiger partial charge in [-0.05, 0) is 67.6 Å². The lowest BCUT2D eigenvalue weighted by atomic mass is 9.94. The molecule has 0 bridgehead atoms. The predicted octanol–water partition coefficient (Wildman–Crippen LogP) is 3.29. The SMILES string of the molecule is Cc1ccc2c(N3CCN(CCc4cccc5c4CCc4c(C(N)=O)ncn4-5)CC3)cccc2n1. The number of hydrogen-bond acceptors (Lipinski definition) is 5. The molecule has 0 unspecified atom stereocenters. The summed E-state index contributed by atoms with van der Waals surface area (Å²) in [5.74, 6) is -0.452. The molecule has 0 radical (unpaired) electrons. The number of amides is 1. The zero-order valence-electron chi connectivity index (χ0n) is 20.1. The van der Waals surface area contributed by atoms with Gasteiger partial charge in [0.25, 0.3) is 5.91 Å². The molecule has 2 aliphatic heterocycles. The first-order valence-electron chi connectivity index (χ1n) is 12.4. The first-order chi connectivity index (χ1) is 17.1. The number of anilines is 1. The molecular weight excluding hydrogens is 436 g/mol. The summed E-state index contributed by atoms with van der Waals surface area (Å²) in [6.45, 7) is 7.24.